The molecule has 0 aromatic rings. The molecule has 0 bridgehead atoms. The van der Waals surface area contributed by atoms with Gasteiger partial charge in [0.15, 0.2) is 0 Å². The average Bonchev–Trinajstić information content (AvgIpc) is 2.53. The smallest absolute Gasteiger partial charge is 0.0231 e. The van der Waals surface area contributed by atoms with E-state index in [4.69, 9.17) is 0 Å². The molecule has 1 N–H and O–H groups in total. The fraction of sp³-hybridized carbons (Fsp3) is 1.00. The lowest BCUT2D eigenvalue weighted by Gasteiger charge is -2.39. The zero-order chi connectivity index (χ0) is 9.73. The molecule has 0 aromatic carbocycles. The third-order valence-corrected chi connectivity index (χ3v) is 3.48. The lowest BCUT2D eigenvalue weighted by molar-refractivity contribution is 0.128. The number of hydrogen-bond donors (Lipinski definition) is 1. The SMILES string of the molecule is CC.CN1CCCC12CCNCC2. The monoisotopic (exact) mass is 184 g/mol. The van der Waals surface area contributed by atoms with Crippen molar-refractivity contribution in [3.8, 4) is 0 Å². The van der Waals surface area contributed by atoms with E-state index in [2.05, 4.69) is 17.3 Å². The number of piperidine rings is 1. The molecule has 0 atom stereocenters. The highest BCUT2D eigenvalue weighted by atomic mass is 15.2. The van der Waals surface area contributed by atoms with E-state index in [0.29, 0.717) is 5.54 Å². The van der Waals surface area contributed by atoms with Gasteiger partial charge in [-0.15, -0.1) is 0 Å². The van der Waals surface area contributed by atoms with Gasteiger partial charge in [-0.3, -0.25) is 0 Å². The summed E-state index contributed by atoms with van der Waals surface area (Å²) in [5.41, 5.74) is 0.602. The predicted molar refractivity (Wildman–Crippen MR) is 58.0 cm³/mol. The zero-order valence-electron chi connectivity index (χ0n) is 9.40. The van der Waals surface area contributed by atoms with Gasteiger partial charge in [0.05, 0.1) is 0 Å². The van der Waals surface area contributed by atoms with Crippen LogP contribution in [0.3, 0.4) is 0 Å². The lowest BCUT2D eigenvalue weighted by atomic mass is 9.86. The van der Waals surface area contributed by atoms with Crippen LogP contribution < -0.4 is 5.32 Å². The molecule has 2 aliphatic heterocycles. The number of nitrogens with one attached hydrogen (secondary N) is 1. The first-order valence-electron chi connectivity index (χ1n) is 5.75. The van der Waals surface area contributed by atoms with Crippen molar-refractivity contribution in [3.05, 3.63) is 0 Å². The van der Waals surface area contributed by atoms with Crippen molar-refractivity contribution in [2.45, 2.75) is 45.1 Å². The zero-order valence-corrected chi connectivity index (χ0v) is 9.40. The molecule has 2 nitrogen and oxygen atoms in total. The Morgan fingerprint density at radius 3 is 2.15 bits per heavy atom. The summed E-state index contributed by atoms with van der Waals surface area (Å²) in [5.74, 6) is 0. The highest BCUT2D eigenvalue weighted by molar-refractivity contribution is 4.97. The predicted octanol–water partition coefficient (Wildman–Crippen LogP) is 1.86. The molecule has 1 spiro atoms. The van der Waals surface area contributed by atoms with Gasteiger partial charge < -0.3 is 10.2 Å². The van der Waals surface area contributed by atoms with Crippen LogP contribution in [0.4, 0.5) is 0 Å². The Hall–Kier alpha value is -0.0800. The molecule has 2 aliphatic rings. The van der Waals surface area contributed by atoms with Crippen molar-refractivity contribution < 1.29 is 0 Å². The third kappa shape index (κ3) is 2.23. The maximum atomic E-state index is 3.43. The molecular weight excluding hydrogens is 160 g/mol. The summed E-state index contributed by atoms with van der Waals surface area (Å²) in [6.07, 6.45) is 5.58. The molecule has 2 fully saturated rings. The molecule has 0 unspecified atom stereocenters. The molecule has 0 amide bonds. The fourth-order valence-corrected chi connectivity index (χ4v) is 2.60. The van der Waals surface area contributed by atoms with Gasteiger partial charge in [-0.25, -0.2) is 0 Å². The molecule has 2 saturated heterocycles. The number of rotatable bonds is 0. The second-order valence-electron chi connectivity index (χ2n) is 4.00. The van der Waals surface area contributed by atoms with Gasteiger partial charge in [0.1, 0.15) is 0 Å². The first kappa shape index (κ1) is 11.0. The third-order valence-electron chi connectivity index (χ3n) is 3.48. The van der Waals surface area contributed by atoms with Gasteiger partial charge in [0.2, 0.25) is 0 Å². The summed E-state index contributed by atoms with van der Waals surface area (Å²) in [6.45, 7) is 7.77. The molecule has 2 heterocycles. The molecule has 0 radical (unpaired) electrons. The van der Waals surface area contributed by atoms with Crippen LogP contribution in [0.1, 0.15) is 39.5 Å². The minimum Gasteiger partial charge on any atom is -0.317 e. The van der Waals surface area contributed by atoms with Gasteiger partial charge in [0.25, 0.3) is 0 Å². The minimum absolute atomic E-state index is 0.602. The molecular formula is C11H24N2. The van der Waals surface area contributed by atoms with Crippen LogP contribution in [0.2, 0.25) is 0 Å². The van der Waals surface area contributed by atoms with Crippen LogP contribution >= 0.6 is 0 Å². The quantitative estimate of drug-likeness (QED) is 0.618. The van der Waals surface area contributed by atoms with Crippen LogP contribution in [-0.4, -0.2) is 37.1 Å². The van der Waals surface area contributed by atoms with Crippen LogP contribution in [0.5, 0.6) is 0 Å². The molecule has 13 heavy (non-hydrogen) atoms. The summed E-state index contributed by atoms with van der Waals surface area (Å²) < 4.78 is 0. The van der Waals surface area contributed by atoms with Gasteiger partial charge in [-0.1, -0.05) is 13.8 Å². The average molecular weight is 184 g/mol. The Bertz CT molecular complexity index is 139. The van der Waals surface area contributed by atoms with Crippen molar-refractivity contribution in [2.75, 3.05) is 26.7 Å². The fourth-order valence-electron chi connectivity index (χ4n) is 2.60. The van der Waals surface area contributed by atoms with Gasteiger partial charge in [0, 0.05) is 5.54 Å². The van der Waals surface area contributed by atoms with E-state index in [-0.39, 0.29) is 0 Å². The summed E-state index contributed by atoms with van der Waals surface area (Å²) in [4.78, 5) is 2.58. The summed E-state index contributed by atoms with van der Waals surface area (Å²) in [5, 5.41) is 3.43. The normalized spacial score (nSPS) is 27.0. The number of hydrogen-bond acceptors (Lipinski definition) is 2. The summed E-state index contributed by atoms with van der Waals surface area (Å²) in [6, 6.07) is 0. The summed E-state index contributed by atoms with van der Waals surface area (Å²) in [7, 11) is 2.29. The Balaban J connectivity index is 0.000000396. The van der Waals surface area contributed by atoms with Crippen molar-refractivity contribution in [3.63, 3.8) is 0 Å². The summed E-state index contributed by atoms with van der Waals surface area (Å²) >= 11 is 0. The molecule has 0 aliphatic carbocycles. The first-order valence-corrected chi connectivity index (χ1v) is 5.75. The van der Waals surface area contributed by atoms with Crippen LogP contribution in [-0.2, 0) is 0 Å². The van der Waals surface area contributed by atoms with E-state index in [1.807, 2.05) is 13.8 Å². The van der Waals surface area contributed by atoms with Crippen LogP contribution in [0.15, 0.2) is 0 Å². The molecule has 2 rings (SSSR count). The highest BCUT2D eigenvalue weighted by Crippen LogP contribution is 2.34. The van der Waals surface area contributed by atoms with Gasteiger partial charge in [-0.05, 0) is 52.4 Å². The topological polar surface area (TPSA) is 15.3 Å². The highest BCUT2D eigenvalue weighted by Gasteiger charge is 2.38. The van der Waals surface area contributed by atoms with Crippen LogP contribution in [0, 0.1) is 0 Å². The Morgan fingerprint density at radius 2 is 1.69 bits per heavy atom. The van der Waals surface area contributed by atoms with Crippen molar-refractivity contribution >= 4 is 0 Å². The van der Waals surface area contributed by atoms with Gasteiger partial charge >= 0.3 is 0 Å². The van der Waals surface area contributed by atoms with E-state index in [1.54, 1.807) is 0 Å². The standard InChI is InChI=1S/C9H18N2.C2H6/c1-11-8-2-3-9(11)4-6-10-7-5-9;1-2/h10H,2-8H2,1H3;1-2H3. The minimum atomic E-state index is 0.602. The van der Waals surface area contributed by atoms with Crippen LogP contribution in [0.25, 0.3) is 0 Å². The maximum Gasteiger partial charge on any atom is 0.0231 e. The second kappa shape index (κ2) is 4.97. The van der Waals surface area contributed by atoms with Crippen molar-refractivity contribution in [1.29, 1.82) is 0 Å². The molecule has 2 heteroatoms. The number of likely N-dealkylation sites (tertiary alicyclic amines) is 1. The van der Waals surface area contributed by atoms with Gasteiger partial charge in [-0.2, -0.15) is 0 Å². The van der Waals surface area contributed by atoms with E-state index in [0.717, 1.165) is 0 Å². The Kier molecular flexibility index (Phi) is 4.20. The van der Waals surface area contributed by atoms with E-state index < -0.39 is 0 Å². The number of nitrogens with zero attached hydrogens (tertiary/aromatic N) is 1. The second-order valence-corrected chi connectivity index (χ2v) is 4.00. The molecule has 78 valence electrons. The first-order chi connectivity index (χ1) is 6.33. The lowest BCUT2D eigenvalue weighted by Crippen LogP contribution is -2.49. The van der Waals surface area contributed by atoms with Crippen molar-refractivity contribution in [1.82, 2.24) is 10.2 Å². The van der Waals surface area contributed by atoms with E-state index >= 15 is 0 Å². The molecule has 0 aromatic heterocycles. The van der Waals surface area contributed by atoms with E-state index in [9.17, 15) is 0 Å². The molecule has 0 saturated carbocycles. The van der Waals surface area contributed by atoms with Crippen molar-refractivity contribution in [2.24, 2.45) is 0 Å². The largest absolute Gasteiger partial charge is 0.317 e. The Morgan fingerprint density at radius 1 is 1.08 bits per heavy atom. The Labute approximate surface area is 82.7 Å². The van der Waals surface area contributed by atoms with E-state index in [1.165, 1.54) is 45.3 Å². The maximum absolute atomic E-state index is 3.43.